The minimum Gasteiger partial charge on any atom is -0.366 e. The van der Waals surface area contributed by atoms with Crippen molar-refractivity contribution in [2.75, 3.05) is 17.7 Å². The molecule has 0 bridgehead atoms. The number of benzene rings is 1. The van der Waals surface area contributed by atoms with Crippen LogP contribution < -0.4 is 4.90 Å². The first-order valence-electron chi connectivity index (χ1n) is 5.08. The fourth-order valence-corrected chi connectivity index (χ4v) is 3.88. The van der Waals surface area contributed by atoms with E-state index in [1.807, 2.05) is 6.07 Å². The lowest BCUT2D eigenvalue weighted by Gasteiger charge is -2.34. The number of para-hydroxylation sites is 1. The molecule has 0 saturated carbocycles. The standard InChI is InChI=1S/C11H11FN2O2S/c1-14-8(5-6-13)7-17(15,16)10-4-2-3-9(12)11(10)14/h2-4,8H,5,7H2,1H3. The van der Waals surface area contributed by atoms with Crippen molar-refractivity contribution < 1.29 is 12.8 Å². The van der Waals surface area contributed by atoms with Gasteiger partial charge in [-0.05, 0) is 12.1 Å². The molecule has 1 aliphatic heterocycles. The van der Waals surface area contributed by atoms with Crippen molar-refractivity contribution in [1.82, 2.24) is 0 Å². The average molecular weight is 254 g/mol. The Kier molecular flexibility index (Phi) is 2.79. The second kappa shape index (κ2) is 4.00. The van der Waals surface area contributed by atoms with Crippen LogP contribution in [0.4, 0.5) is 10.1 Å². The molecule has 1 unspecified atom stereocenters. The van der Waals surface area contributed by atoms with Crippen LogP contribution in [0.15, 0.2) is 23.1 Å². The Morgan fingerprint density at radius 3 is 2.94 bits per heavy atom. The predicted octanol–water partition coefficient (Wildman–Crippen LogP) is 1.33. The summed E-state index contributed by atoms with van der Waals surface area (Å²) in [6.45, 7) is 0. The molecule has 1 atom stereocenters. The number of hydrogen-bond donors (Lipinski definition) is 0. The zero-order valence-corrected chi connectivity index (χ0v) is 10.0. The van der Waals surface area contributed by atoms with Gasteiger partial charge in [0.15, 0.2) is 9.84 Å². The van der Waals surface area contributed by atoms with Crippen LogP contribution in [-0.4, -0.2) is 27.3 Å². The van der Waals surface area contributed by atoms with Crippen molar-refractivity contribution in [3.63, 3.8) is 0 Å². The summed E-state index contributed by atoms with van der Waals surface area (Å²) < 4.78 is 37.6. The van der Waals surface area contributed by atoms with E-state index < -0.39 is 21.7 Å². The minimum atomic E-state index is -3.50. The quantitative estimate of drug-likeness (QED) is 0.758. The number of hydrogen-bond acceptors (Lipinski definition) is 4. The lowest BCUT2D eigenvalue weighted by atomic mass is 10.2. The van der Waals surface area contributed by atoms with Gasteiger partial charge in [0.05, 0.1) is 34.9 Å². The van der Waals surface area contributed by atoms with Crippen LogP contribution in [0.1, 0.15) is 6.42 Å². The van der Waals surface area contributed by atoms with Gasteiger partial charge in [-0.2, -0.15) is 5.26 Å². The normalized spacial score (nSPS) is 21.7. The van der Waals surface area contributed by atoms with Crippen LogP contribution in [0.5, 0.6) is 0 Å². The minimum absolute atomic E-state index is 0.00851. The number of fused-ring (bicyclic) bond motifs is 1. The van der Waals surface area contributed by atoms with Gasteiger partial charge in [-0.3, -0.25) is 0 Å². The molecule has 4 nitrogen and oxygen atoms in total. The fraction of sp³-hybridized carbons (Fsp3) is 0.364. The molecule has 1 heterocycles. The van der Waals surface area contributed by atoms with E-state index in [1.54, 1.807) is 7.05 Å². The lowest BCUT2D eigenvalue weighted by molar-refractivity contribution is 0.558. The van der Waals surface area contributed by atoms with E-state index in [4.69, 9.17) is 5.26 Å². The molecule has 0 N–H and O–H groups in total. The molecule has 0 fully saturated rings. The Bertz CT molecular complexity index is 592. The first-order valence-corrected chi connectivity index (χ1v) is 6.73. The van der Waals surface area contributed by atoms with Crippen molar-refractivity contribution in [3.8, 4) is 6.07 Å². The van der Waals surface area contributed by atoms with E-state index in [0.717, 1.165) is 0 Å². The molecule has 0 aliphatic carbocycles. The highest BCUT2D eigenvalue weighted by molar-refractivity contribution is 7.91. The number of sulfone groups is 1. The van der Waals surface area contributed by atoms with Gasteiger partial charge in [0.1, 0.15) is 5.82 Å². The zero-order valence-electron chi connectivity index (χ0n) is 9.22. The van der Waals surface area contributed by atoms with Crippen LogP contribution in [0.3, 0.4) is 0 Å². The number of anilines is 1. The second-order valence-corrected chi connectivity index (χ2v) is 6.00. The topological polar surface area (TPSA) is 61.2 Å². The maximum atomic E-state index is 13.7. The van der Waals surface area contributed by atoms with Gasteiger partial charge < -0.3 is 4.90 Å². The molecule has 2 rings (SSSR count). The van der Waals surface area contributed by atoms with Crippen molar-refractivity contribution in [2.45, 2.75) is 17.4 Å². The summed E-state index contributed by atoms with van der Waals surface area (Å²) >= 11 is 0. The molecular weight excluding hydrogens is 243 g/mol. The van der Waals surface area contributed by atoms with Gasteiger partial charge in [-0.1, -0.05) is 6.07 Å². The van der Waals surface area contributed by atoms with Crippen molar-refractivity contribution >= 4 is 15.5 Å². The van der Waals surface area contributed by atoms with Gasteiger partial charge in [-0.25, -0.2) is 12.8 Å². The van der Waals surface area contributed by atoms with Crippen molar-refractivity contribution in [1.29, 1.82) is 5.26 Å². The Morgan fingerprint density at radius 1 is 1.59 bits per heavy atom. The number of nitriles is 1. The third-order valence-electron chi connectivity index (χ3n) is 2.92. The van der Waals surface area contributed by atoms with Crippen LogP contribution >= 0.6 is 0 Å². The number of rotatable bonds is 1. The lowest BCUT2D eigenvalue weighted by Crippen LogP contribution is -2.42. The Morgan fingerprint density at radius 2 is 2.29 bits per heavy atom. The third kappa shape index (κ3) is 1.87. The summed E-state index contributed by atoms with van der Waals surface area (Å²) in [5.41, 5.74) is 0.0685. The number of nitrogens with zero attached hydrogens (tertiary/aromatic N) is 2. The van der Waals surface area contributed by atoms with Gasteiger partial charge in [0.25, 0.3) is 0 Å². The van der Waals surface area contributed by atoms with Crippen molar-refractivity contribution in [2.24, 2.45) is 0 Å². The second-order valence-electron chi connectivity index (χ2n) is 3.99. The molecule has 17 heavy (non-hydrogen) atoms. The van der Waals surface area contributed by atoms with E-state index in [0.29, 0.717) is 0 Å². The maximum absolute atomic E-state index is 13.7. The largest absolute Gasteiger partial charge is 0.366 e. The highest BCUT2D eigenvalue weighted by Gasteiger charge is 2.35. The van der Waals surface area contributed by atoms with Crippen molar-refractivity contribution in [3.05, 3.63) is 24.0 Å². The summed E-state index contributed by atoms with van der Waals surface area (Å²) in [7, 11) is -1.89. The molecule has 6 heteroatoms. The zero-order chi connectivity index (χ0) is 12.6. The van der Waals surface area contributed by atoms with E-state index in [9.17, 15) is 12.8 Å². The molecule has 0 spiro atoms. The summed E-state index contributed by atoms with van der Waals surface area (Å²) in [5, 5.41) is 8.66. The maximum Gasteiger partial charge on any atom is 0.182 e. The smallest absolute Gasteiger partial charge is 0.182 e. The summed E-state index contributed by atoms with van der Waals surface area (Å²) in [4.78, 5) is 1.55. The first kappa shape index (κ1) is 11.9. The van der Waals surface area contributed by atoms with Crippen LogP contribution in [0, 0.1) is 17.1 Å². The summed E-state index contributed by atoms with van der Waals surface area (Å²) in [6.07, 6.45) is 0.0590. The van der Waals surface area contributed by atoms with E-state index in [-0.39, 0.29) is 22.8 Å². The fourth-order valence-electron chi connectivity index (χ4n) is 2.03. The Balaban J connectivity index is 2.63. The van der Waals surface area contributed by atoms with Crippen LogP contribution in [0.2, 0.25) is 0 Å². The van der Waals surface area contributed by atoms with Gasteiger partial charge in [0, 0.05) is 7.05 Å². The summed E-state index contributed by atoms with van der Waals surface area (Å²) in [6, 6.07) is 5.43. The molecule has 0 radical (unpaired) electrons. The Labute approximate surface area is 99.2 Å². The van der Waals surface area contributed by atoms with E-state index >= 15 is 0 Å². The molecule has 0 aromatic heterocycles. The van der Waals surface area contributed by atoms with Gasteiger partial charge in [-0.15, -0.1) is 0 Å². The summed E-state index contributed by atoms with van der Waals surface area (Å²) in [5.74, 6) is -0.718. The highest BCUT2D eigenvalue weighted by atomic mass is 32.2. The molecular formula is C11H11FN2O2S. The predicted molar refractivity (Wildman–Crippen MR) is 60.9 cm³/mol. The Hall–Kier alpha value is -1.61. The molecule has 0 saturated heterocycles. The average Bonchev–Trinajstić information content (AvgIpc) is 2.25. The molecule has 1 aliphatic rings. The van der Waals surface area contributed by atoms with E-state index in [1.165, 1.54) is 23.1 Å². The van der Waals surface area contributed by atoms with Crippen LogP contribution in [0.25, 0.3) is 0 Å². The van der Waals surface area contributed by atoms with Crippen LogP contribution in [-0.2, 0) is 9.84 Å². The third-order valence-corrected chi connectivity index (χ3v) is 4.75. The van der Waals surface area contributed by atoms with E-state index in [2.05, 4.69) is 0 Å². The molecule has 1 aromatic carbocycles. The first-order chi connectivity index (χ1) is 7.97. The molecule has 0 amide bonds. The van der Waals surface area contributed by atoms with Gasteiger partial charge in [0.2, 0.25) is 0 Å². The monoisotopic (exact) mass is 254 g/mol. The number of halogens is 1. The highest BCUT2D eigenvalue weighted by Crippen LogP contribution is 2.35. The SMILES string of the molecule is CN1c2c(F)cccc2S(=O)(=O)CC1CC#N. The van der Waals surface area contributed by atoms with Gasteiger partial charge >= 0.3 is 0 Å². The molecule has 1 aromatic rings. The molecule has 90 valence electrons.